The molecule has 0 aromatic heterocycles. The van der Waals surface area contributed by atoms with Crippen LogP contribution in [0.15, 0.2) is 0 Å². The lowest BCUT2D eigenvalue weighted by atomic mass is 10.4. The van der Waals surface area contributed by atoms with Crippen LogP contribution >= 0.6 is 15.2 Å². The Bertz CT molecular complexity index is 316. The van der Waals surface area contributed by atoms with Gasteiger partial charge in [0.15, 0.2) is 5.40 Å². The van der Waals surface area contributed by atoms with Gasteiger partial charge in [0.05, 0.1) is 12.5 Å². The third-order valence-corrected chi connectivity index (χ3v) is 5.22. The average molecular weight is 276 g/mol. The fourth-order valence-electron chi connectivity index (χ4n) is 0.894. The summed E-state index contributed by atoms with van der Waals surface area (Å²) in [5.41, 5.74) is 0. The molecule has 0 saturated heterocycles. The first-order valence-electron chi connectivity index (χ1n) is 4.24. The van der Waals surface area contributed by atoms with E-state index in [2.05, 4.69) is 4.74 Å². The molecule has 0 fully saturated rings. The van der Waals surface area contributed by atoms with E-state index in [1.165, 1.54) is 13.8 Å². The van der Waals surface area contributed by atoms with E-state index >= 15 is 0 Å². The first-order chi connectivity index (χ1) is 6.94. The van der Waals surface area contributed by atoms with E-state index in [0.717, 1.165) is 0 Å². The summed E-state index contributed by atoms with van der Waals surface area (Å²) in [5.74, 6) is -1.06. The van der Waals surface area contributed by atoms with E-state index in [9.17, 15) is 13.9 Å². The van der Waals surface area contributed by atoms with E-state index in [1.807, 2.05) is 0 Å². The van der Waals surface area contributed by atoms with Gasteiger partial charge in [0.2, 0.25) is 0 Å². The SMILES string of the molecule is CC(C)OC(=O)CC(P(=O)(O)O)P(=O)(O)O. The van der Waals surface area contributed by atoms with Gasteiger partial charge in [-0.05, 0) is 13.8 Å². The molecule has 0 atom stereocenters. The molecule has 0 rings (SSSR count). The molecule has 16 heavy (non-hydrogen) atoms. The summed E-state index contributed by atoms with van der Waals surface area (Å²) >= 11 is 0. The Hall–Kier alpha value is -0.230. The lowest BCUT2D eigenvalue weighted by molar-refractivity contribution is -0.147. The molecular weight excluding hydrogens is 262 g/mol. The highest BCUT2D eigenvalue weighted by Crippen LogP contribution is 2.61. The van der Waals surface area contributed by atoms with Gasteiger partial charge in [-0.25, -0.2) is 0 Å². The lowest BCUT2D eigenvalue weighted by Crippen LogP contribution is -2.19. The van der Waals surface area contributed by atoms with Gasteiger partial charge in [-0.15, -0.1) is 0 Å². The summed E-state index contributed by atoms with van der Waals surface area (Å²) < 4.78 is 26.1. The summed E-state index contributed by atoms with van der Waals surface area (Å²) in [5, 5.41) is -2.34. The van der Waals surface area contributed by atoms with E-state index in [4.69, 9.17) is 19.6 Å². The molecule has 0 aliphatic carbocycles. The van der Waals surface area contributed by atoms with Crippen LogP contribution in [0.25, 0.3) is 0 Å². The Morgan fingerprint density at radius 2 is 1.50 bits per heavy atom. The predicted octanol–water partition coefficient (Wildman–Crippen LogP) is 0.00960. The molecular formula is C6H14O8P2. The van der Waals surface area contributed by atoms with Gasteiger partial charge in [-0.3, -0.25) is 13.9 Å². The van der Waals surface area contributed by atoms with Crippen molar-refractivity contribution in [3.63, 3.8) is 0 Å². The number of carbonyl (C=O) groups is 1. The van der Waals surface area contributed by atoms with Crippen molar-refractivity contribution in [1.29, 1.82) is 0 Å². The summed E-state index contributed by atoms with van der Waals surface area (Å²) in [6, 6.07) is 0. The normalized spacial score (nSPS) is 13.2. The van der Waals surface area contributed by atoms with Crippen molar-refractivity contribution in [2.24, 2.45) is 0 Å². The first kappa shape index (κ1) is 15.8. The number of hydrogen-bond donors (Lipinski definition) is 4. The third-order valence-electron chi connectivity index (χ3n) is 1.49. The van der Waals surface area contributed by atoms with Crippen molar-refractivity contribution >= 4 is 21.2 Å². The van der Waals surface area contributed by atoms with Gasteiger partial charge in [-0.2, -0.15) is 0 Å². The number of hydrogen-bond acceptors (Lipinski definition) is 4. The van der Waals surface area contributed by atoms with Crippen LogP contribution in [0.2, 0.25) is 0 Å². The maximum Gasteiger partial charge on any atom is 0.341 e. The van der Waals surface area contributed by atoms with Crippen molar-refractivity contribution in [3.05, 3.63) is 0 Å². The summed E-state index contributed by atoms with van der Waals surface area (Å²) in [4.78, 5) is 45.9. The Morgan fingerprint density at radius 3 is 1.75 bits per heavy atom. The maximum atomic E-state index is 11.0. The zero-order chi connectivity index (χ0) is 13.1. The van der Waals surface area contributed by atoms with Gasteiger partial charge in [0.1, 0.15) is 0 Å². The number of rotatable bonds is 5. The zero-order valence-corrected chi connectivity index (χ0v) is 10.5. The number of esters is 1. The minimum Gasteiger partial charge on any atom is -0.463 e. The number of ether oxygens (including phenoxy) is 1. The van der Waals surface area contributed by atoms with E-state index in [1.54, 1.807) is 0 Å². The molecule has 10 heteroatoms. The smallest absolute Gasteiger partial charge is 0.341 e. The Kier molecular flexibility index (Phi) is 5.32. The average Bonchev–Trinajstić information content (AvgIpc) is 1.94. The molecule has 0 aromatic rings. The molecule has 0 bridgehead atoms. The second kappa shape index (κ2) is 5.40. The van der Waals surface area contributed by atoms with Gasteiger partial charge >= 0.3 is 21.2 Å². The first-order valence-corrected chi connectivity index (χ1v) is 7.61. The van der Waals surface area contributed by atoms with Crippen LogP contribution in [0.5, 0.6) is 0 Å². The highest BCUT2D eigenvalue weighted by atomic mass is 31.2. The van der Waals surface area contributed by atoms with Gasteiger partial charge in [-0.1, -0.05) is 0 Å². The standard InChI is InChI=1S/C6H14O8P2/c1-4(2)14-5(7)3-6(15(8,9)10)16(11,12)13/h4,6H,3H2,1-2H3,(H2,8,9,10)(H2,11,12,13). The van der Waals surface area contributed by atoms with Crippen LogP contribution in [-0.4, -0.2) is 37.0 Å². The van der Waals surface area contributed by atoms with Crippen LogP contribution < -0.4 is 0 Å². The fourth-order valence-corrected chi connectivity index (χ4v) is 3.24. The molecule has 8 nitrogen and oxygen atoms in total. The minimum absolute atomic E-state index is 0.526. The molecule has 0 unspecified atom stereocenters. The molecule has 0 aliphatic rings. The van der Waals surface area contributed by atoms with Crippen LogP contribution in [0.3, 0.4) is 0 Å². The van der Waals surface area contributed by atoms with Crippen LogP contribution in [0.4, 0.5) is 0 Å². The number of carbonyl (C=O) groups excluding carboxylic acids is 1. The third kappa shape index (κ3) is 5.75. The van der Waals surface area contributed by atoms with Crippen LogP contribution in [-0.2, 0) is 18.7 Å². The Balaban J connectivity index is 4.79. The molecule has 0 radical (unpaired) electrons. The Labute approximate surface area is 91.9 Å². The second-order valence-electron chi connectivity index (χ2n) is 3.40. The molecule has 0 heterocycles. The van der Waals surface area contributed by atoms with E-state index in [-0.39, 0.29) is 0 Å². The largest absolute Gasteiger partial charge is 0.463 e. The van der Waals surface area contributed by atoms with Crippen molar-refractivity contribution in [2.45, 2.75) is 31.8 Å². The maximum absolute atomic E-state index is 11.0. The monoisotopic (exact) mass is 276 g/mol. The fraction of sp³-hybridized carbons (Fsp3) is 0.833. The van der Waals surface area contributed by atoms with E-state index in [0.29, 0.717) is 0 Å². The van der Waals surface area contributed by atoms with Gasteiger partial charge in [0.25, 0.3) is 0 Å². The van der Waals surface area contributed by atoms with Crippen molar-refractivity contribution in [2.75, 3.05) is 0 Å². The minimum atomic E-state index is -5.06. The summed E-state index contributed by atoms with van der Waals surface area (Å²) in [7, 11) is -10.1. The Morgan fingerprint density at radius 1 is 1.12 bits per heavy atom. The van der Waals surface area contributed by atoms with Gasteiger partial charge < -0.3 is 24.3 Å². The van der Waals surface area contributed by atoms with Crippen molar-refractivity contribution < 1.29 is 38.2 Å². The van der Waals surface area contributed by atoms with Crippen molar-refractivity contribution in [1.82, 2.24) is 0 Å². The molecule has 0 amide bonds. The van der Waals surface area contributed by atoms with Crippen LogP contribution in [0, 0.1) is 0 Å². The van der Waals surface area contributed by atoms with Crippen molar-refractivity contribution in [3.8, 4) is 0 Å². The topological polar surface area (TPSA) is 141 Å². The molecule has 4 N–H and O–H groups in total. The molecule has 0 aliphatic heterocycles. The molecule has 0 spiro atoms. The van der Waals surface area contributed by atoms with Gasteiger partial charge in [0, 0.05) is 0 Å². The van der Waals surface area contributed by atoms with E-state index < -0.39 is 39.1 Å². The highest BCUT2D eigenvalue weighted by Gasteiger charge is 2.45. The van der Waals surface area contributed by atoms with Crippen LogP contribution in [0.1, 0.15) is 20.3 Å². The molecule has 0 aromatic carbocycles. The summed E-state index contributed by atoms with van der Waals surface area (Å²) in [6.07, 6.45) is -1.55. The summed E-state index contributed by atoms with van der Waals surface area (Å²) in [6.45, 7) is 3.00. The molecule has 0 saturated carbocycles. The predicted molar refractivity (Wildman–Crippen MR) is 53.7 cm³/mol. The highest BCUT2D eigenvalue weighted by molar-refractivity contribution is 7.70. The second-order valence-corrected chi connectivity index (χ2v) is 7.41. The molecule has 96 valence electrons. The quantitative estimate of drug-likeness (QED) is 0.406. The lowest BCUT2D eigenvalue weighted by Gasteiger charge is -2.19. The zero-order valence-electron chi connectivity index (χ0n) is 8.68.